The summed E-state index contributed by atoms with van der Waals surface area (Å²) in [5, 5.41) is -0.123. The first-order valence-electron chi connectivity index (χ1n) is 6.06. The fraction of sp³-hybridized carbons (Fsp3) is 1.00. The molecular formula is C11H21NO2S. The molecule has 0 aliphatic heterocycles. The zero-order chi connectivity index (χ0) is 10.9. The van der Waals surface area contributed by atoms with E-state index in [2.05, 4.69) is 4.72 Å². The van der Waals surface area contributed by atoms with Crippen LogP contribution >= 0.6 is 0 Å². The van der Waals surface area contributed by atoms with Gasteiger partial charge in [-0.15, -0.1) is 0 Å². The zero-order valence-corrected chi connectivity index (χ0v) is 10.2. The molecule has 0 saturated heterocycles. The summed E-state index contributed by atoms with van der Waals surface area (Å²) >= 11 is 0. The van der Waals surface area contributed by atoms with Crippen LogP contribution in [-0.4, -0.2) is 20.7 Å². The molecule has 4 heteroatoms. The molecule has 0 radical (unpaired) electrons. The molecule has 0 amide bonds. The second kappa shape index (κ2) is 4.42. The van der Waals surface area contributed by atoms with Gasteiger partial charge in [0.15, 0.2) is 0 Å². The molecule has 0 aromatic rings. The minimum Gasteiger partial charge on any atom is -0.218 e. The number of hydrogen-bond donors (Lipinski definition) is 1. The van der Waals surface area contributed by atoms with Crippen LogP contribution in [0, 0.1) is 11.8 Å². The Hall–Kier alpha value is -0.0900. The molecule has 0 aromatic heterocycles. The van der Waals surface area contributed by atoms with Crippen molar-refractivity contribution in [2.45, 2.75) is 50.2 Å². The van der Waals surface area contributed by atoms with Crippen molar-refractivity contribution in [3.63, 3.8) is 0 Å². The third kappa shape index (κ3) is 2.36. The monoisotopic (exact) mass is 231 g/mol. The minimum atomic E-state index is -3.02. The molecule has 3 unspecified atom stereocenters. The second-order valence-corrected chi connectivity index (χ2v) is 7.15. The summed E-state index contributed by atoms with van der Waals surface area (Å²) in [5.41, 5.74) is 0. The van der Waals surface area contributed by atoms with E-state index in [-0.39, 0.29) is 5.25 Å². The first-order chi connectivity index (χ1) is 7.13. The molecule has 2 rings (SSSR count). The zero-order valence-electron chi connectivity index (χ0n) is 9.41. The van der Waals surface area contributed by atoms with E-state index in [1.54, 1.807) is 0 Å². The highest BCUT2D eigenvalue weighted by atomic mass is 32.2. The lowest BCUT2D eigenvalue weighted by Gasteiger charge is -2.38. The van der Waals surface area contributed by atoms with Gasteiger partial charge in [0.25, 0.3) is 0 Å². The standard InChI is InChI=1S/C11H21NO2S/c1-12-15(13,14)11-7-6-9-4-2-3-5-10(9)8-11/h9-12H,2-8H2,1H3. The number of rotatable bonds is 2. The molecule has 0 bridgehead atoms. The predicted molar refractivity (Wildman–Crippen MR) is 61.1 cm³/mol. The average Bonchev–Trinajstić information content (AvgIpc) is 2.28. The van der Waals surface area contributed by atoms with E-state index in [1.807, 2.05) is 0 Å². The first-order valence-corrected chi connectivity index (χ1v) is 7.60. The van der Waals surface area contributed by atoms with Crippen molar-refractivity contribution >= 4 is 10.0 Å². The Morgan fingerprint density at radius 3 is 2.33 bits per heavy atom. The summed E-state index contributed by atoms with van der Waals surface area (Å²) in [6.07, 6.45) is 8.11. The van der Waals surface area contributed by atoms with E-state index in [9.17, 15) is 8.42 Å². The summed E-state index contributed by atoms with van der Waals surface area (Å²) < 4.78 is 25.9. The maximum Gasteiger partial charge on any atom is 0.214 e. The first kappa shape index (κ1) is 11.4. The van der Waals surface area contributed by atoms with Gasteiger partial charge in [-0.25, -0.2) is 13.1 Å². The predicted octanol–water partition coefficient (Wildman–Crippen LogP) is 1.89. The van der Waals surface area contributed by atoms with Gasteiger partial charge < -0.3 is 0 Å². The Balaban J connectivity index is 2.02. The fourth-order valence-electron chi connectivity index (χ4n) is 3.28. The number of hydrogen-bond acceptors (Lipinski definition) is 2. The van der Waals surface area contributed by atoms with Gasteiger partial charge in [0.2, 0.25) is 10.0 Å². The minimum absolute atomic E-state index is 0.123. The highest BCUT2D eigenvalue weighted by Crippen LogP contribution is 2.41. The highest BCUT2D eigenvalue weighted by Gasteiger charge is 2.37. The highest BCUT2D eigenvalue weighted by molar-refractivity contribution is 7.90. The van der Waals surface area contributed by atoms with E-state index in [1.165, 1.54) is 32.7 Å². The normalized spacial score (nSPS) is 37.3. The van der Waals surface area contributed by atoms with Gasteiger partial charge in [-0.3, -0.25) is 0 Å². The smallest absolute Gasteiger partial charge is 0.214 e. The molecule has 3 atom stereocenters. The average molecular weight is 231 g/mol. The van der Waals surface area contributed by atoms with Crippen molar-refractivity contribution in [1.29, 1.82) is 0 Å². The largest absolute Gasteiger partial charge is 0.218 e. The topological polar surface area (TPSA) is 46.2 Å². The van der Waals surface area contributed by atoms with Crippen molar-refractivity contribution in [2.75, 3.05) is 7.05 Å². The third-order valence-electron chi connectivity index (χ3n) is 4.21. The molecule has 2 aliphatic carbocycles. The van der Waals surface area contributed by atoms with Gasteiger partial charge in [0.1, 0.15) is 0 Å². The van der Waals surface area contributed by atoms with Crippen molar-refractivity contribution in [2.24, 2.45) is 11.8 Å². The van der Waals surface area contributed by atoms with Crippen LogP contribution in [0.2, 0.25) is 0 Å². The summed E-state index contributed by atoms with van der Waals surface area (Å²) in [5.74, 6) is 1.50. The van der Waals surface area contributed by atoms with Crippen LogP contribution in [0.3, 0.4) is 0 Å². The van der Waals surface area contributed by atoms with Gasteiger partial charge in [0.05, 0.1) is 5.25 Å². The lowest BCUT2D eigenvalue weighted by Crippen LogP contribution is -2.39. The quantitative estimate of drug-likeness (QED) is 0.789. The fourth-order valence-corrected chi connectivity index (χ4v) is 4.56. The van der Waals surface area contributed by atoms with Gasteiger partial charge in [-0.2, -0.15) is 0 Å². The molecule has 2 aliphatic rings. The van der Waals surface area contributed by atoms with E-state index >= 15 is 0 Å². The van der Waals surface area contributed by atoms with Crippen LogP contribution in [0.1, 0.15) is 44.9 Å². The maximum absolute atomic E-state index is 11.7. The summed E-state index contributed by atoms with van der Waals surface area (Å²) in [6, 6.07) is 0. The van der Waals surface area contributed by atoms with Crippen LogP contribution in [-0.2, 0) is 10.0 Å². The molecule has 88 valence electrons. The Morgan fingerprint density at radius 2 is 1.67 bits per heavy atom. The van der Waals surface area contributed by atoms with Gasteiger partial charge >= 0.3 is 0 Å². The van der Waals surface area contributed by atoms with Crippen LogP contribution in [0.25, 0.3) is 0 Å². The molecule has 2 saturated carbocycles. The Morgan fingerprint density at radius 1 is 1.00 bits per heavy atom. The summed E-state index contributed by atoms with van der Waals surface area (Å²) in [7, 11) is -1.49. The molecule has 1 N–H and O–H groups in total. The van der Waals surface area contributed by atoms with E-state index < -0.39 is 10.0 Å². The van der Waals surface area contributed by atoms with Crippen LogP contribution in [0.4, 0.5) is 0 Å². The number of nitrogens with one attached hydrogen (secondary N) is 1. The molecule has 15 heavy (non-hydrogen) atoms. The van der Waals surface area contributed by atoms with Crippen molar-refractivity contribution in [3.8, 4) is 0 Å². The van der Waals surface area contributed by atoms with Gasteiger partial charge in [0, 0.05) is 0 Å². The molecule has 0 heterocycles. The van der Waals surface area contributed by atoms with E-state index in [0.29, 0.717) is 5.92 Å². The maximum atomic E-state index is 11.7. The molecule has 0 spiro atoms. The number of fused-ring (bicyclic) bond motifs is 1. The lowest BCUT2D eigenvalue weighted by molar-refractivity contribution is 0.172. The van der Waals surface area contributed by atoms with Crippen molar-refractivity contribution in [3.05, 3.63) is 0 Å². The second-order valence-electron chi connectivity index (χ2n) is 4.99. The van der Waals surface area contributed by atoms with Crippen molar-refractivity contribution in [1.82, 2.24) is 4.72 Å². The van der Waals surface area contributed by atoms with Crippen LogP contribution in [0.5, 0.6) is 0 Å². The van der Waals surface area contributed by atoms with Crippen LogP contribution < -0.4 is 4.72 Å². The van der Waals surface area contributed by atoms with E-state index in [0.717, 1.165) is 25.2 Å². The van der Waals surface area contributed by atoms with E-state index in [4.69, 9.17) is 0 Å². The Labute approximate surface area is 92.7 Å². The third-order valence-corrected chi connectivity index (χ3v) is 6.09. The van der Waals surface area contributed by atoms with Crippen LogP contribution in [0.15, 0.2) is 0 Å². The lowest BCUT2D eigenvalue weighted by atomic mass is 9.71. The Kier molecular flexibility index (Phi) is 3.36. The summed E-state index contributed by atoms with van der Waals surface area (Å²) in [4.78, 5) is 0. The van der Waals surface area contributed by atoms with Gasteiger partial charge in [-0.1, -0.05) is 25.7 Å². The molecule has 3 nitrogen and oxygen atoms in total. The SMILES string of the molecule is CNS(=O)(=O)C1CCC2CCCCC2C1. The summed E-state index contributed by atoms with van der Waals surface area (Å²) in [6.45, 7) is 0. The molecule has 0 aromatic carbocycles. The molecule has 2 fully saturated rings. The van der Waals surface area contributed by atoms with Crippen molar-refractivity contribution < 1.29 is 8.42 Å². The Bertz CT molecular complexity index is 313. The molecular weight excluding hydrogens is 210 g/mol. The number of sulfonamides is 1. The van der Waals surface area contributed by atoms with Gasteiger partial charge in [-0.05, 0) is 38.1 Å².